The molecule has 0 spiro atoms. The summed E-state index contributed by atoms with van der Waals surface area (Å²) in [6.45, 7) is 4.83. The number of hydrogen-bond acceptors (Lipinski definition) is 3. The summed E-state index contributed by atoms with van der Waals surface area (Å²) in [7, 11) is 0. The molecule has 3 nitrogen and oxygen atoms in total. The maximum Gasteiger partial charge on any atom is 0.163 e. The van der Waals surface area contributed by atoms with Crippen LogP contribution in [0.2, 0.25) is 5.02 Å². The standard InChI is InChI=1S/C13H12BrClIN3/c1-3-17-13-11(16)7(2)18-12(19-13)9-5-4-8(14)6-10(9)15/h4-6H,3H2,1-2H3,(H,17,18,19). The third kappa shape index (κ3) is 3.38. The minimum absolute atomic E-state index is 0.637. The third-order valence-electron chi connectivity index (χ3n) is 2.53. The van der Waals surface area contributed by atoms with Gasteiger partial charge in [0, 0.05) is 16.6 Å². The van der Waals surface area contributed by atoms with E-state index in [2.05, 4.69) is 53.8 Å². The summed E-state index contributed by atoms with van der Waals surface area (Å²) in [6, 6.07) is 5.70. The number of benzene rings is 1. The molecule has 0 unspecified atom stereocenters. The molecular formula is C13H12BrClIN3. The molecule has 1 N–H and O–H groups in total. The van der Waals surface area contributed by atoms with E-state index in [1.807, 2.05) is 32.0 Å². The molecule has 0 radical (unpaired) electrons. The van der Waals surface area contributed by atoms with E-state index in [4.69, 9.17) is 11.6 Å². The van der Waals surface area contributed by atoms with Gasteiger partial charge in [0.1, 0.15) is 5.82 Å². The zero-order valence-electron chi connectivity index (χ0n) is 10.5. The molecule has 0 saturated carbocycles. The van der Waals surface area contributed by atoms with Gasteiger partial charge >= 0.3 is 0 Å². The van der Waals surface area contributed by atoms with Crippen molar-refractivity contribution in [2.24, 2.45) is 0 Å². The molecule has 2 rings (SSSR count). The van der Waals surface area contributed by atoms with E-state index >= 15 is 0 Å². The first-order valence-electron chi connectivity index (χ1n) is 5.76. The van der Waals surface area contributed by atoms with Crippen molar-refractivity contribution < 1.29 is 0 Å². The van der Waals surface area contributed by atoms with Crippen LogP contribution in [-0.2, 0) is 0 Å². The third-order valence-corrected chi connectivity index (χ3v) is 4.63. The van der Waals surface area contributed by atoms with Crippen LogP contribution >= 0.6 is 50.1 Å². The second-order valence-electron chi connectivity index (χ2n) is 3.95. The molecule has 19 heavy (non-hydrogen) atoms. The topological polar surface area (TPSA) is 37.8 Å². The average molecular weight is 453 g/mol. The number of aryl methyl sites for hydroxylation is 1. The van der Waals surface area contributed by atoms with Crippen LogP contribution in [0.1, 0.15) is 12.6 Å². The Labute approximate surface area is 139 Å². The van der Waals surface area contributed by atoms with Gasteiger partial charge in [-0.05, 0) is 54.6 Å². The summed E-state index contributed by atoms with van der Waals surface area (Å²) in [6.07, 6.45) is 0. The molecular weight excluding hydrogens is 440 g/mol. The van der Waals surface area contributed by atoms with Crippen molar-refractivity contribution >= 4 is 55.9 Å². The lowest BCUT2D eigenvalue weighted by atomic mass is 10.2. The number of aromatic nitrogens is 2. The lowest BCUT2D eigenvalue weighted by Gasteiger charge is -2.11. The summed E-state index contributed by atoms with van der Waals surface area (Å²) in [5.74, 6) is 1.50. The number of nitrogens with one attached hydrogen (secondary N) is 1. The minimum Gasteiger partial charge on any atom is -0.369 e. The van der Waals surface area contributed by atoms with Crippen LogP contribution in [-0.4, -0.2) is 16.5 Å². The lowest BCUT2D eigenvalue weighted by Crippen LogP contribution is -2.06. The molecule has 0 amide bonds. The summed E-state index contributed by atoms with van der Waals surface area (Å²) in [5, 5.41) is 3.88. The maximum atomic E-state index is 6.25. The fourth-order valence-electron chi connectivity index (χ4n) is 1.64. The summed E-state index contributed by atoms with van der Waals surface area (Å²) >= 11 is 11.9. The lowest BCUT2D eigenvalue weighted by molar-refractivity contribution is 1.06. The van der Waals surface area contributed by atoms with Crippen LogP contribution in [0.5, 0.6) is 0 Å². The first kappa shape index (κ1) is 15.0. The molecule has 0 atom stereocenters. The fraction of sp³-hybridized carbons (Fsp3) is 0.231. The second kappa shape index (κ2) is 6.37. The van der Waals surface area contributed by atoms with Crippen molar-refractivity contribution in [3.05, 3.63) is 37.0 Å². The number of halogens is 3. The molecule has 0 aliphatic rings. The average Bonchev–Trinajstić information content (AvgIpc) is 2.35. The van der Waals surface area contributed by atoms with E-state index < -0.39 is 0 Å². The fourth-order valence-corrected chi connectivity index (χ4v) is 2.82. The van der Waals surface area contributed by atoms with E-state index in [0.717, 1.165) is 31.7 Å². The molecule has 0 fully saturated rings. The van der Waals surface area contributed by atoms with Crippen LogP contribution in [0.4, 0.5) is 5.82 Å². The van der Waals surface area contributed by atoms with Gasteiger partial charge < -0.3 is 5.32 Å². The Morgan fingerprint density at radius 1 is 1.37 bits per heavy atom. The number of anilines is 1. The van der Waals surface area contributed by atoms with Gasteiger partial charge in [0.2, 0.25) is 0 Å². The van der Waals surface area contributed by atoms with E-state index in [0.29, 0.717) is 10.8 Å². The van der Waals surface area contributed by atoms with Crippen LogP contribution in [0.25, 0.3) is 11.4 Å². The Morgan fingerprint density at radius 3 is 2.74 bits per heavy atom. The highest BCUT2D eigenvalue weighted by Crippen LogP contribution is 2.30. The predicted octanol–water partition coefficient (Wildman–Crippen LogP) is 4.90. The van der Waals surface area contributed by atoms with Crippen molar-refractivity contribution in [3.8, 4) is 11.4 Å². The molecule has 2 aromatic rings. The van der Waals surface area contributed by atoms with Crippen LogP contribution in [0, 0.1) is 10.5 Å². The Kier molecular flexibility index (Phi) is 5.03. The predicted molar refractivity (Wildman–Crippen MR) is 91.8 cm³/mol. The normalized spacial score (nSPS) is 10.6. The Morgan fingerprint density at radius 2 is 2.11 bits per heavy atom. The van der Waals surface area contributed by atoms with Gasteiger partial charge in [0.15, 0.2) is 5.82 Å². The molecule has 0 aliphatic carbocycles. The second-order valence-corrected chi connectivity index (χ2v) is 6.35. The molecule has 100 valence electrons. The zero-order chi connectivity index (χ0) is 14.0. The Balaban J connectivity index is 2.56. The highest BCUT2D eigenvalue weighted by atomic mass is 127. The van der Waals surface area contributed by atoms with Crippen molar-refractivity contribution in [2.75, 3.05) is 11.9 Å². The zero-order valence-corrected chi connectivity index (χ0v) is 15.0. The molecule has 1 aromatic heterocycles. The minimum atomic E-state index is 0.637. The van der Waals surface area contributed by atoms with E-state index in [1.165, 1.54) is 0 Å². The summed E-state index contributed by atoms with van der Waals surface area (Å²) in [4.78, 5) is 9.07. The smallest absolute Gasteiger partial charge is 0.163 e. The molecule has 6 heteroatoms. The monoisotopic (exact) mass is 451 g/mol. The van der Waals surface area contributed by atoms with E-state index in [1.54, 1.807) is 0 Å². The Hall–Kier alpha value is -0.400. The van der Waals surface area contributed by atoms with Gasteiger partial charge in [-0.25, -0.2) is 9.97 Å². The Bertz CT molecular complexity index is 619. The molecule has 1 aromatic carbocycles. The highest BCUT2D eigenvalue weighted by molar-refractivity contribution is 14.1. The highest BCUT2D eigenvalue weighted by Gasteiger charge is 2.12. The van der Waals surface area contributed by atoms with Gasteiger partial charge in [0.05, 0.1) is 14.3 Å². The van der Waals surface area contributed by atoms with E-state index in [9.17, 15) is 0 Å². The SMILES string of the molecule is CCNc1nc(-c2ccc(Br)cc2Cl)nc(C)c1I. The van der Waals surface area contributed by atoms with Crippen molar-refractivity contribution in [1.82, 2.24) is 9.97 Å². The maximum absolute atomic E-state index is 6.25. The van der Waals surface area contributed by atoms with Crippen LogP contribution < -0.4 is 5.32 Å². The first-order chi connectivity index (χ1) is 9.02. The van der Waals surface area contributed by atoms with Gasteiger partial charge in [-0.15, -0.1) is 0 Å². The largest absolute Gasteiger partial charge is 0.369 e. The molecule has 1 heterocycles. The van der Waals surface area contributed by atoms with Gasteiger partial charge in [-0.3, -0.25) is 0 Å². The number of rotatable bonds is 3. The van der Waals surface area contributed by atoms with Crippen molar-refractivity contribution in [1.29, 1.82) is 0 Å². The van der Waals surface area contributed by atoms with Gasteiger partial charge in [-0.1, -0.05) is 27.5 Å². The summed E-state index contributed by atoms with van der Waals surface area (Å²) in [5.41, 5.74) is 1.78. The van der Waals surface area contributed by atoms with Gasteiger partial charge in [-0.2, -0.15) is 0 Å². The van der Waals surface area contributed by atoms with E-state index in [-0.39, 0.29) is 0 Å². The van der Waals surface area contributed by atoms with Crippen LogP contribution in [0.15, 0.2) is 22.7 Å². The number of hydrogen-bond donors (Lipinski definition) is 1. The quantitative estimate of drug-likeness (QED) is 0.673. The molecule has 0 saturated heterocycles. The van der Waals surface area contributed by atoms with Crippen molar-refractivity contribution in [2.45, 2.75) is 13.8 Å². The van der Waals surface area contributed by atoms with Crippen molar-refractivity contribution in [3.63, 3.8) is 0 Å². The first-order valence-corrected chi connectivity index (χ1v) is 8.01. The van der Waals surface area contributed by atoms with Crippen LogP contribution in [0.3, 0.4) is 0 Å². The molecule has 0 bridgehead atoms. The molecule has 0 aliphatic heterocycles. The summed E-state index contributed by atoms with van der Waals surface area (Å²) < 4.78 is 1.98. The van der Waals surface area contributed by atoms with Gasteiger partial charge in [0.25, 0.3) is 0 Å². The number of nitrogens with zero attached hydrogens (tertiary/aromatic N) is 2.